The lowest BCUT2D eigenvalue weighted by Gasteiger charge is -2.34. The Hall–Kier alpha value is -2.15. The Kier molecular flexibility index (Phi) is 4.74. The molecule has 0 spiro atoms. The molecule has 7 nitrogen and oxygen atoms in total. The summed E-state index contributed by atoms with van der Waals surface area (Å²) >= 11 is 0. The molecule has 7 heteroatoms. The summed E-state index contributed by atoms with van der Waals surface area (Å²) in [6.45, 7) is 5.95. The normalized spacial score (nSPS) is 18.4. The summed E-state index contributed by atoms with van der Waals surface area (Å²) in [5.41, 5.74) is 0.0743. The molecule has 1 atom stereocenters. The zero-order valence-corrected chi connectivity index (χ0v) is 12.2. The molecule has 114 valence electrons. The van der Waals surface area contributed by atoms with Gasteiger partial charge in [0.25, 0.3) is 5.91 Å². The van der Waals surface area contributed by atoms with Gasteiger partial charge >= 0.3 is 5.69 Å². The van der Waals surface area contributed by atoms with Crippen molar-refractivity contribution >= 4 is 11.6 Å². The molecule has 2 rings (SSSR count). The van der Waals surface area contributed by atoms with Gasteiger partial charge in [-0.15, -0.1) is 0 Å². The van der Waals surface area contributed by atoms with Crippen LogP contribution in [-0.4, -0.2) is 48.0 Å². The Morgan fingerprint density at radius 3 is 2.95 bits per heavy atom. The predicted molar refractivity (Wildman–Crippen MR) is 77.6 cm³/mol. The number of nitrogens with zero attached hydrogens (tertiary/aromatic N) is 2. The van der Waals surface area contributed by atoms with E-state index in [1.54, 1.807) is 17.9 Å². The maximum absolute atomic E-state index is 12.7. The molecule has 1 aromatic rings. The highest BCUT2D eigenvalue weighted by Gasteiger charge is 2.29. The first-order valence-electron chi connectivity index (χ1n) is 6.98. The van der Waals surface area contributed by atoms with Crippen molar-refractivity contribution in [3.63, 3.8) is 0 Å². The number of hydrogen-bond donors (Lipinski definition) is 1. The third-order valence-electron chi connectivity index (χ3n) is 3.47. The number of carbonyl (C=O) groups is 1. The summed E-state index contributed by atoms with van der Waals surface area (Å²) in [5, 5.41) is 14.3. The maximum Gasteiger partial charge on any atom is 0.311 e. The summed E-state index contributed by atoms with van der Waals surface area (Å²) < 4.78 is 5.37. The number of amides is 1. The first-order valence-corrected chi connectivity index (χ1v) is 6.98. The average molecular weight is 293 g/mol. The summed E-state index contributed by atoms with van der Waals surface area (Å²) in [5.74, 6) is -0.170. The second-order valence-corrected chi connectivity index (χ2v) is 4.90. The molecule has 0 bridgehead atoms. The molecule has 1 amide bonds. The molecule has 1 heterocycles. The van der Waals surface area contributed by atoms with Crippen molar-refractivity contribution in [2.75, 3.05) is 26.2 Å². The SMILES string of the molecule is CCOc1c(C(=O)N2CCNC[C@H]2C)cccc1[N+](=O)[O-]. The molecular weight excluding hydrogens is 274 g/mol. The van der Waals surface area contributed by atoms with Crippen LogP contribution in [0.5, 0.6) is 5.75 Å². The second kappa shape index (κ2) is 6.53. The van der Waals surface area contributed by atoms with Crippen molar-refractivity contribution in [2.45, 2.75) is 19.9 Å². The van der Waals surface area contributed by atoms with Crippen molar-refractivity contribution in [3.05, 3.63) is 33.9 Å². The molecule has 0 radical (unpaired) electrons. The molecule has 1 aliphatic heterocycles. The van der Waals surface area contributed by atoms with Gasteiger partial charge in [-0.05, 0) is 19.9 Å². The van der Waals surface area contributed by atoms with Crippen molar-refractivity contribution in [2.24, 2.45) is 0 Å². The summed E-state index contributed by atoms with van der Waals surface area (Å²) in [7, 11) is 0. The van der Waals surface area contributed by atoms with E-state index >= 15 is 0 Å². The van der Waals surface area contributed by atoms with Crippen LogP contribution in [0.1, 0.15) is 24.2 Å². The van der Waals surface area contributed by atoms with Gasteiger partial charge in [-0.1, -0.05) is 6.07 Å². The van der Waals surface area contributed by atoms with Gasteiger partial charge in [0.15, 0.2) is 0 Å². The molecule has 1 aliphatic rings. The van der Waals surface area contributed by atoms with E-state index in [-0.39, 0.29) is 35.6 Å². The first kappa shape index (κ1) is 15.2. The number of carbonyl (C=O) groups excluding carboxylic acids is 1. The van der Waals surface area contributed by atoms with Crippen LogP contribution in [0.15, 0.2) is 18.2 Å². The summed E-state index contributed by atoms with van der Waals surface area (Å²) in [6, 6.07) is 4.48. The molecule has 0 saturated carbocycles. The molecule has 21 heavy (non-hydrogen) atoms. The van der Waals surface area contributed by atoms with Gasteiger partial charge < -0.3 is 15.0 Å². The van der Waals surface area contributed by atoms with Crippen LogP contribution in [0.2, 0.25) is 0 Å². The molecule has 1 saturated heterocycles. The van der Waals surface area contributed by atoms with Crippen LogP contribution < -0.4 is 10.1 Å². The highest BCUT2D eigenvalue weighted by atomic mass is 16.6. The lowest BCUT2D eigenvalue weighted by molar-refractivity contribution is -0.385. The van der Waals surface area contributed by atoms with Crippen LogP contribution >= 0.6 is 0 Å². The van der Waals surface area contributed by atoms with E-state index in [9.17, 15) is 14.9 Å². The average Bonchev–Trinajstić information content (AvgIpc) is 2.47. The van der Waals surface area contributed by atoms with Crippen molar-refractivity contribution in [1.82, 2.24) is 10.2 Å². The number of rotatable bonds is 4. The highest BCUT2D eigenvalue weighted by Crippen LogP contribution is 2.32. The molecule has 0 aliphatic carbocycles. The van der Waals surface area contributed by atoms with Crippen LogP contribution in [0.3, 0.4) is 0 Å². The number of nitrogens with one attached hydrogen (secondary N) is 1. The predicted octanol–water partition coefficient (Wildman–Crippen LogP) is 1.43. The fourth-order valence-corrected chi connectivity index (χ4v) is 2.43. The van der Waals surface area contributed by atoms with E-state index < -0.39 is 4.92 Å². The van der Waals surface area contributed by atoms with Crippen molar-refractivity contribution < 1.29 is 14.5 Å². The molecule has 1 aromatic carbocycles. The number of benzene rings is 1. The molecular formula is C14H19N3O4. The highest BCUT2D eigenvalue weighted by molar-refractivity contribution is 5.98. The number of para-hydroxylation sites is 1. The lowest BCUT2D eigenvalue weighted by Crippen LogP contribution is -2.52. The lowest BCUT2D eigenvalue weighted by atomic mass is 10.1. The quantitative estimate of drug-likeness (QED) is 0.670. The van der Waals surface area contributed by atoms with Gasteiger partial charge in [0.1, 0.15) is 0 Å². The van der Waals surface area contributed by atoms with Crippen LogP contribution in [0.4, 0.5) is 5.69 Å². The fraction of sp³-hybridized carbons (Fsp3) is 0.500. The third kappa shape index (κ3) is 3.13. The van der Waals surface area contributed by atoms with E-state index in [0.29, 0.717) is 13.1 Å². The zero-order chi connectivity index (χ0) is 15.4. The summed E-state index contributed by atoms with van der Waals surface area (Å²) in [6.07, 6.45) is 0. The standard InChI is InChI=1S/C14H19N3O4/c1-3-21-13-11(5-4-6-12(13)17(19)20)14(18)16-8-7-15-9-10(16)2/h4-6,10,15H,3,7-9H2,1-2H3/t10-/m1/s1. The van der Waals surface area contributed by atoms with Crippen molar-refractivity contribution in [3.8, 4) is 5.75 Å². The first-order chi connectivity index (χ1) is 10.1. The largest absolute Gasteiger partial charge is 0.487 e. The van der Waals surface area contributed by atoms with E-state index in [1.165, 1.54) is 12.1 Å². The van der Waals surface area contributed by atoms with Gasteiger partial charge in [0.2, 0.25) is 5.75 Å². The molecule has 0 unspecified atom stereocenters. The second-order valence-electron chi connectivity index (χ2n) is 4.90. The topological polar surface area (TPSA) is 84.7 Å². The Morgan fingerprint density at radius 2 is 2.33 bits per heavy atom. The maximum atomic E-state index is 12.7. The molecule has 1 fully saturated rings. The number of nitro groups is 1. The number of piperazine rings is 1. The molecule has 0 aromatic heterocycles. The molecule has 1 N–H and O–H groups in total. The zero-order valence-electron chi connectivity index (χ0n) is 12.2. The summed E-state index contributed by atoms with van der Waals surface area (Å²) in [4.78, 5) is 25.0. The minimum atomic E-state index is -0.525. The number of hydrogen-bond acceptors (Lipinski definition) is 5. The monoisotopic (exact) mass is 293 g/mol. The van der Waals surface area contributed by atoms with Gasteiger partial charge in [-0.2, -0.15) is 0 Å². The third-order valence-corrected chi connectivity index (χ3v) is 3.47. The van der Waals surface area contributed by atoms with E-state index in [1.807, 2.05) is 6.92 Å². The smallest absolute Gasteiger partial charge is 0.311 e. The minimum absolute atomic E-state index is 0.0417. The number of ether oxygens (including phenoxy) is 1. The fourth-order valence-electron chi connectivity index (χ4n) is 2.43. The Balaban J connectivity index is 2.39. The van der Waals surface area contributed by atoms with E-state index in [0.717, 1.165) is 6.54 Å². The van der Waals surface area contributed by atoms with Gasteiger partial charge in [-0.25, -0.2) is 0 Å². The minimum Gasteiger partial charge on any atom is -0.487 e. The van der Waals surface area contributed by atoms with Crippen LogP contribution in [0, 0.1) is 10.1 Å². The van der Waals surface area contributed by atoms with Gasteiger partial charge in [0.05, 0.1) is 17.1 Å². The van der Waals surface area contributed by atoms with Gasteiger partial charge in [0, 0.05) is 31.7 Å². The Morgan fingerprint density at radius 1 is 1.57 bits per heavy atom. The van der Waals surface area contributed by atoms with Crippen LogP contribution in [0.25, 0.3) is 0 Å². The van der Waals surface area contributed by atoms with E-state index in [2.05, 4.69) is 5.32 Å². The van der Waals surface area contributed by atoms with Crippen molar-refractivity contribution in [1.29, 1.82) is 0 Å². The van der Waals surface area contributed by atoms with Gasteiger partial charge in [-0.3, -0.25) is 14.9 Å². The Bertz CT molecular complexity index is 547. The van der Waals surface area contributed by atoms with Crippen LogP contribution in [-0.2, 0) is 0 Å². The Labute approximate surface area is 123 Å². The number of nitro benzene ring substituents is 1. The van der Waals surface area contributed by atoms with E-state index in [4.69, 9.17) is 4.74 Å².